The van der Waals surface area contributed by atoms with Crippen molar-refractivity contribution in [3.05, 3.63) is 23.8 Å². The zero-order valence-electron chi connectivity index (χ0n) is 11.5. The molecule has 2 aromatic rings. The van der Waals surface area contributed by atoms with Gasteiger partial charge in [-0.15, -0.1) is 0 Å². The average molecular weight is 262 g/mol. The number of aromatic nitrogens is 1. The lowest BCUT2D eigenvalue weighted by molar-refractivity contribution is 0.372. The second-order valence-electron chi connectivity index (χ2n) is 5.44. The van der Waals surface area contributed by atoms with E-state index in [9.17, 15) is 5.11 Å². The Morgan fingerprint density at radius 1 is 1.26 bits per heavy atom. The van der Waals surface area contributed by atoms with Gasteiger partial charge < -0.3 is 20.1 Å². The zero-order chi connectivity index (χ0) is 14.2. The van der Waals surface area contributed by atoms with Crippen molar-refractivity contribution in [2.24, 2.45) is 0 Å². The molecule has 2 rings (SSSR count). The molecule has 0 aliphatic heterocycles. The van der Waals surface area contributed by atoms with Crippen LogP contribution < -0.4 is 10.5 Å². The van der Waals surface area contributed by atoms with E-state index in [-0.39, 0.29) is 17.0 Å². The first-order chi connectivity index (χ1) is 8.82. The van der Waals surface area contributed by atoms with Gasteiger partial charge in [-0.2, -0.15) is 0 Å². The van der Waals surface area contributed by atoms with E-state index in [0.717, 1.165) is 5.56 Å². The van der Waals surface area contributed by atoms with E-state index in [1.54, 1.807) is 6.07 Å². The van der Waals surface area contributed by atoms with Gasteiger partial charge in [0.2, 0.25) is 5.88 Å². The van der Waals surface area contributed by atoms with Crippen LogP contribution in [0.2, 0.25) is 0 Å². The molecule has 0 aliphatic carbocycles. The number of nitrogens with two attached hydrogens (primary N) is 1. The number of phenols is 1. The quantitative estimate of drug-likeness (QED) is 0.869. The second-order valence-corrected chi connectivity index (χ2v) is 5.44. The number of ether oxygens (including phenoxy) is 1. The number of rotatable bonds is 2. The molecule has 3 N–H and O–H groups in total. The molecular formula is C14H18N2O3. The van der Waals surface area contributed by atoms with Crippen LogP contribution in [0.15, 0.2) is 22.7 Å². The summed E-state index contributed by atoms with van der Waals surface area (Å²) in [7, 11) is 1.52. The SMILES string of the molecule is COc1cc(C(C)(C)C)cc(-c2cc(N)on2)c1O. The Morgan fingerprint density at radius 2 is 1.95 bits per heavy atom. The predicted octanol–water partition coefficient (Wildman–Crippen LogP) is 2.94. The maximum absolute atomic E-state index is 10.2. The van der Waals surface area contributed by atoms with E-state index in [4.69, 9.17) is 15.0 Å². The van der Waals surface area contributed by atoms with Crippen molar-refractivity contribution in [2.75, 3.05) is 12.8 Å². The molecule has 0 fully saturated rings. The lowest BCUT2D eigenvalue weighted by Gasteiger charge is -2.21. The summed E-state index contributed by atoms with van der Waals surface area (Å²) in [4.78, 5) is 0. The number of nitrogen functional groups attached to an aromatic ring is 1. The van der Waals surface area contributed by atoms with Crippen LogP contribution >= 0.6 is 0 Å². The van der Waals surface area contributed by atoms with Gasteiger partial charge in [-0.25, -0.2) is 0 Å². The van der Waals surface area contributed by atoms with Crippen molar-refractivity contribution < 1.29 is 14.4 Å². The van der Waals surface area contributed by atoms with Gasteiger partial charge in [0, 0.05) is 11.6 Å². The van der Waals surface area contributed by atoms with Crippen LogP contribution in [-0.2, 0) is 5.41 Å². The van der Waals surface area contributed by atoms with Crippen LogP contribution in [0.5, 0.6) is 11.5 Å². The summed E-state index contributed by atoms with van der Waals surface area (Å²) < 4.78 is 10.1. The van der Waals surface area contributed by atoms with Gasteiger partial charge in [0.05, 0.1) is 7.11 Å². The Bertz CT molecular complexity index is 597. The summed E-state index contributed by atoms with van der Waals surface area (Å²) in [6.45, 7) is 6.25. The third kappa shape index (κ3) is 2.50. The van der Waals surface area contributed by atoms with Gasteiger partial charge in [0.1, 0.15) is 5.69 Å². The summed E-state index contributed by atoms with van der Waals surface area (Å²) in [5, 5.41) is 14.0. The van der Waals surface area contributed by atoms with Gasteiger partial charge in [-0.1, -0.05) is 25.9 Å². The van der Waals surface area contributed by atoms with E-state index in [1.165, 1.54) is 7.11 Å². The summed E-state index contributed by atoms with van der Waals surface area (Å²) in [6.07, 6.45) is 0. The van der Waals surface area contributed by atoms with E-state index in [2.05, 4.69) is 25.9 Å². The zero-order valence-corrected chi connectivity index (χ0v) is 11.5. The Balaban J connectivity index is 2.65. The minimum absolute atomic E-state index is 0.0313. The van der Waals surface area contributed by atoms with Crippen LogP contribution in [0.3, 0.4) is 0 Å². The minimum atomic E-state index is -0.0784. The number of methoxy groups -OCH3 is 1. The van der Waals surface area contributed by atoms with Crippen molar-refractivity contribution in [3.8, 4) is 22.8 Å². The first-order valence-corrected chi connectivity index (χ1v) is 5.97. The molecule has 0 saturated carbocycles. The van der Waals surface area contributed by atoms with Crippen molar-refractivity contribution >= 4 is 5.88 Å². The number of aromatic hydroxyl groups is 1. The number of hydrogen-bond acceptors (Lipinski definition) is 5. The highest BCUT2D eigenvalue weighted by Crippen LogP contribution is 2.41. The second kappa shape index (κ2) is 4.50. The summed E-state index contributed by atoms with van der Waals surface area (Å²) in [6, 6.07) is 5.26. The fourth-order valence-corrected chi connectivity index (χ4v) is 1.81. The minimum Gasteiger partial charge on any atom is -0.504 e. The van der Waals surface area contributed by atoms with Crippen LogP contribution in [0.25, 0.3) is 11.3 Å². The highest BCUT2D eigenvalue weighted by atomic mass is 16.5. The summed E-state index contributed by atoms with van der Waals surface area (Å²) in [5.41, 5.74) is 7.50. The monoisotopic (exact) mass is 262 g/mol. The van der Waals surface area contributed by atoms with Gasteiger partial charge in [0.25, 0.3) is 0 Å². The number of benzene rings is 1. The molecule has 0 unspecified atom stereocenters. The Labute approximate surface area is 112 Å². The van der Waals surface area contributed by atoms with Gasteiger partial charge in [0.15, 0.2) is 11.5 Å². The molecule has 5 heteroatoms. The average Bonchev–Trinajstić information content (AvgIpc) is 2.74. The topological polar surface area (TPSA) is 81.5 Å². The molecule has 0 aliphatic rings. The fraction of sp³-hybridized carbons (Fsp3) is 0.357. The number of hydrogen-bond donors (Lipinski definition) is 2. The molecule has 0 bridgehead atoms. The molecule has 1 aromatic heterocycles. The fourth-order valence-electron chi connectivity index (χ4n) is 1.81. The van der Waals surface area contributed by atoms with Crippen LogP contribution in [0.4, 0.5) is 5.88 Å². The Hall–Kier alpha value is -2.17. The molecule has 1 aromatic carbocycles. The molecule has 19 heavy (non-hydrogen) atoms. The first kappa shape index (κ1) is 13.3. The van der Waals surface area contributed by atoms with Gasteiger partial charge in [-0.05, 0) is 23.1 Å². The smallest absolute Gasteiger partial charge is 0.222 e. The highest BCUT2D eigenvalue weighted by molar-refractivity contribution is 5.73. The molecule has 0 radical (unpaired) electrons. The van der Waals surface area contributed by atoms with Crippen molar-refractivity contribution in [1.82, 2.24) is 5.16 Å². The Kier molecular flexibility index (Phi) is 3.14. The molecule has 1 heterocycles. The molecule has 0 saturated heterocycles. The van der Waals surface area contributed by atoms with Crippen LogP contribution in [0.1, 0.15) is 26.3 Å². The maximum Gasteiger partial charge on any atom is 0.222 e. The predicted molar refractivity (Wildman–Crippen MR) is 73.3 cm³/mol. The maximum atomic E-state index is 10.2. The highest BCUT2D eigenvalue weighted by Gasteiger charge is 2.21. The van der Waals surface area contributed by atoms with Crippen molar-refractivity contribution in [1.29, 1.82) is 0 Å². The van der Waals surface area contributed by atoms with E-state index >= 15 is 0 Å². The van der Waals surface area contributed by atoms with Crippen molar-refractivity contribution in [2.45, 2.75) is 26.2 Å². The van der Waals surface area contributed by atoms with Gasteiger partial charge >= 0.3 is 0 Å². The standard InChI is InChI=1S/C14H18N2O3/c1-14(2,3)8-5-9(10-7-12(15)19-16-10)13(17)11(6-8)18-4/h5-7,17H,15H2,1-4H3. The number of nitrogens with zero attached hydrogens (tertiary/aromatic N) is 1. The summed E-state index contributed by atoms with van der Waals surface area (Å²) >= 11 is 0. The normalized spacial score (nSPS) is 11.6. The Morgan fingerprint density at radius 3 is 2.42 bits per heavy atom. The first-order valence-electron chi connectivity index (χ1n) is 5.97. The van der Waals surface area contributed by atoms with E-state index in [1.807, 2.05) is 12.1 Å². The lowest BCUT2D eigenvalue weighted by Crippen LogP contribution is -2.11. The molecule has 0 atom stereocenters. The van der Waals surface area contributed by atoms with Crippen LogP contribution in [0, 0.1) is 0 Å². The summed E-state index contributed by atoms with van der Waals surface area (Å²) in [5.74, 6) is 0.641. The van der Waals surface area contributed by atoms with E-state index in [0.29, 0.717) is 17.0 Å². The lowest BCUT2D eigenvalue weighted by atomic mass is 9.85. The van der Waals surface area contributed by atoms with Crippen molar-refractivity contribution in [3.63, 3.8) is 0 Å². The van der Waals surface area contributed by atoms with E-state index < -0.39 is 0 Å². The number of anilines is 1. The molecule has 102 valence electrons. The molecule has 5 nitrogen and oxygen atoms in total. The third-order valence-electron chi connectivity index (χ3n) is 2.97. The third-order valence-corrected chi connectivity index (χ3v) is 2.97. The van der Waals surface area contributed by atoms with Crippen LogP contribution in [-0.4, -0.2) is 17.4 Å². The molecule has 0 spiro atoms. The largest absolute Gasteiger partial charge is 0.504 e. The number of phenolic OH excluding ortho intramolecular Hbond substituents is 1. The molecular weight excluding hydrogens is 244 g/mol. The molecule has 0 amide bonds. The van der Waals surface area contributed by atoms with Gasteiger partial charge in [-0.3, -0.25) is 0 Å².